The zero-order chi connectivity index (χ0) is 14.5. The summed E-state index contributed by atoms with van der Waals surface area (Å²) >= 11 is 0. The average Bonchev–Trinajstić information content (AvgIpc) is 2.99. The second kappa shape index (κ2) is 6.54. The van der Waals surface area contributed by atoms with Crippen LogP contribution in [0.1, 0.15) is 33.1 Å². The van der Waals surface area contributed by atoms with Gasteiger partial charge in [0.15, 0.2) is 0 Å². The normalized spacial score (nSPS) is 18.9. The van der Waals surface area contributed by atoms with Crippen molar-refractivity contribution in [3.8, 4) is 0 Å². The van der Waals surface area contributed by atoms with Crippen LogP contribution >= 0.6 is 0 Å². The lowest BCUT2D eigenvalue weighted by atomic mass is 10.2. The Bertz CT molecular complexity index is 456. The van der Waals surface area contributed by atoms with Crippen LogP contribution < -0.4 is 5.32 Å². The fourth-order valence-electron chi connectivity index (χ4n) is 2.46. The van der Waals surface area contributed by atoms with Gasteiger partial charge in [0.05, 0.1) is 6.04 Å². The van der Waals surface area contributed by atoms with Gasteiger partial charge in [-0.3, -0.25) is 14.3 Å². The van der Waals surface area contributed by atoms with E-state index in [0.717, 1.165) is 13.0 Å². The van der Waals surface area contributed by atoms with E-state index < -0.39 is 0 Å². The van der Waals surface area contributed by atoms with E-state index in [-0.39, 0.29) is 23.9 Å². The first-order valence-electron chi connectivity index (χ1n) is 7.12. The van der Waals surface area contributed by atoms with Crippen molar-refractivity contribution >= 4 is 11.8 Å². The maximum Gasteiger partial charge on any atom is 0.225 e. The highest BCUT2D eigenvalue weighted by Crippen LogP contribution is 2.14. The highest BCUT2D eigenvalue weighted by Gasteiger charge is 2.31. The minimum Gasteiger partial charge on any atom is -0.351 e. The number of carbonyl (C=O) groups is 2. The van der Waals surface area contributed by atoms with E-state index in [0.29, 0.717) is 19.4 Å². The van der Waals surface area contributed by atoms with Crippen molar-refractivity contribution in [2.24, 2.45) is 0 Å². The van der Waals surface area contributed by atoms with Crippen LogP contribution in [0.15, 0.2) is 18.5 Å². The third-order valence-corrected chi connectivity index (χ3v) is 3.50. The van der Waals surface area contributed by atoms with Crippen molar-refractivity contribution in [1.29, 1.82) is 0 Å². The molecule has 0 aliphatic carbocycles. The van der Waals surface area contributed by atoms with Gasteiger partial charge in [0.25, 0.3) is 0 Å². The molecule has 1 unspecified atom stereocenters. The number of hydrogen-bond acceptors (Lipinski definition) is 3. The topological polar surface area (TPSA) is 67.2 Å². The van der Waals surface area contributed by atoms with Crippen LogP contribution in [0, 0.1) is 0 Å². The molecule has 2 rings (SSSR count). The summed E-state index contributed by atoms with van der Waals surface area (Å²) in [7, 11) is 0. The van der Waals surface area contributed by atoms with Crippen LogP contribution in [-0.4, -0.2) is 45.1 Å². The Morgan fingerprint density at radius 3 is 2.95 bits per heavy atom. The Morgan fingerprint density at radius 2 is 2.35 bits per heavy atom. The van der Waals surface area contributed by atoms with Gasteiger partial charge in [-0.15, -0.1) is 0 Å². The molecule has 2 heterocycles. The predicted octanol–water partition coefficient (Wildman–Crippen LogP) is 0.789. The van der Waals surface area contributed by atoms with Crippen LogP contribution in [-0.2, 0) is 16.1 Å². The maximum atomic E-state index is 11.8. The molecule has 20 heavy (non-hydrogen) atoms. The average molecular weight is 278 g/mol. The second-order valence-electron chi connectivity index (χ2n) is 5.48. The molecule has 1 aromatic rings. The van der Waals surface area contributed by atoms with Gasteiger partial charge in [-0.25, -0.2) is 0 Å². The molecule has 0 bridgehead atoms. The standard InChI is InChI=1S/C14H22N4O2/c1-11(2)18-10-12(9-14(18)20)16-13(19)5-3-7-17-8-4-6-15-17/h4,6,8,11-12H,3,5,7,9-10H2,1-2H3,(H,16,19). The van der Waals surface area contributed by atoms with Crippen molar-refractivity contribution in [3.05, 3.63) is 18.5 Å². The third-order valence-electron chi connectivity index (χ3n) is 3.50. The third kappa shape index (κ3) is 3.82. The fraction of sp³-hybridized carbons (Fsp3) is 0.643. The Balaban J connectivity index is 1.68. The van der Waals surface area contributed by atoms with E-state index in [2.05, 4.69) is 10.4 Å². The van der Waals surface area contributed by atoms with E-state index >= 15 is 0 Å². The summed E-state index contributed by atoms with van der Waals surface area (Å²) in [5, 5.41) is 7.03. The van der Waals surface area contributed by atoms with Crippen molar-refractivity contribution in [3.63, 3.8) is 0 Å². The number of likely N-dealkylation sites (tertiary alicyclic amines) is 1. The first kappa shape index (κ1) is 14.6. The van der Waals surface area contributed by atoms with Crippen LogP contribution in [0.2, 0.25) is 0 Å². The Kier molecular flexibility index (Phi) is 4.76. The lowest BCUT2D eigenvalue weighted by Gasteiger charge is -2.21. The number of nitrogens with one attached hydrogen (secondary N) is 1. The lowest BCUT2D eigenvalue weighted by molar-refractivity contribution is -0.129. The molecule has 1 atom stereocenters. The molecule has 1 aromatic heterocycles. The summed E-state index contributed by atoms with van der Waals surface area (Å²) in [5.74, 6) is 0.141. The first-order chi connectivity index (χ1) is 9.56. The van der Waals surface area contributed by atoms with Crippen molar-refractivity contribution in [1.82, 2.24) is 20.0 Å². The highest BCUT2D eigenvalue weighted by molar-refractivity contribution is 5.82. The van der Waals surface area contributed by atoms with Crippen molar-refractivity contribution in [2.45, 2.75) is 51.7 Å². The molecule has 110 valence electrons. The van der Waals surface area contributed by atoms with Crippen LogP contribution in [0.3, 0.4) is 0 Å². The van der Waals surface area contributed by atoms with Gasteiger partial charge < -0.3 is 10.2 Å². The zero-order valence-corrected chi connectivity index (χ0v) is 12.1. The summed E-state index contributed by atoms with van der Waals surface area (Å²) in [6.07, 6.45) is 5.25. The number of nitrogens with zero attached hydrogens (tertiary/aromatic N) is 3. The molecular weight excluding hydrogens is 256 g/mol. The largest absolute Gasteiger partial charge is 0.351 e. The number of hydrogen-bond donors (Lipinski definition) is 1. The van der Waals surface area contributed by atoms with Crippen molar-refractivity contribution in [2.75, 3.05) is 6.54 Å². The molecule has 1 N–H and O–H groups in total. The fourth-order valence-corrected chi connectivity index (χ4v) is 2.46. The van der Waals surface area contributed by atoms with Gasteiger partial charge in [-0.05, 0) is 26.3 Å². The Labute approximate surface area is 119 Å². The van der Waals surface area contributed by atoms with E-state index in [4.69, 9.17) is 0 Å². The van der Waals surface area contributed by atoms with Gasteiger partial charge >= 0.3 is 0 Å². The first-order valence-corrected chi connectivity index (χ1v) is 7.12. The number of rotatable bonds is 6. The maximum absolute atomic E-state index is 11.8. The van der Waals surface area contributed by atoms with E-state index in [1.54, 1.807) is 6.20 Å². The number of aromatic nitrogens is 2. The number of amides is 2. The predicted molar refractivity (Wildman–Crippen MR) is 74.9 cm³/mol. The van der Waals surface area contributed by atoms with Crippen LogP contribution in [0.5, 0.6) is 0 Å². The molecule has 2 amide bonds. The van der Waals surface area contributed by atoms with Gasteiger partial charge in [-0.1, -0.05) is 0 Å². The monoisotopic (exact) mass is 278 g/mol. The highest BCUT2D eigenvalue weighted by atomic mass is 16.2. The lowest BCUT2D eigenvalue weighted by Crippen LogP contribution is -2.38. The number of aryl methyl sites for hydroxylation is 1. The van der Waals surface area contributed by atoms with Gasteiger partial charge in [0, 0.05) is 44.4 Å². The van der Waals surface area contributed by atoms with Gasteiger partial charge in [0.2, 0.25) is 11.8 Å². The minimum atomic E-state index is -0.0397. The molecule has 0 saturated carbocycles. The van der Waals surface area contributed by atoms with Crippen LogP contribution in [0.25, 0.3) is 0 Å². The molecule has 1 aliphatic rings. The molecule has 0 radical (unpaired) electrons. The van der Waals surface area contributed by atoms with Crippen molar-refractivity contribution < 1.29 is 9.59 Å². The summed E-state index contributed by atoms with van der Waals surface area (Å²) in [6, 6.07) is 2.02. The molecule has 0 aromatic carbocycles. The Morgan fingerprint density at radius 1 is 1.55 bits per heavy atom. The Hall–Kier alpha value is -1.85. The molecule has 1 fully saturated rings. The smallest absolute Gasteiger partial charge is 0.225 e. The minimum absolute atomic E-state index is 0.0144. The van der Waals surface area contributed by atoms with Crippen LogP contribution in [0.4, 0.5) is 0 Å². The molecule has 1 saturated heterocycles. The molecule has 0 spiro atoms. The molecule has 6 heteroatoms. The number of carbonyl (C=O) groups excluding carboxylic acids is 2. The van der Waals surface area contributed by atoms with Gasteiger partial charge in [0.1, 0.15) is 0 Å². The summed E-state index contributed by atoms with van der Waals surface area (Å²) in [6.45, 7) is 5.35. The summed E-state index contributed by atoms with van der Waals surface area (Å²) in [4.78, 5) is 25.4. The SMILES string of the molecule is CC(C)N1CC(NC(=O)CCCn2cccn2)CC1=O. The zero-order valence-electron chi connectivity index (χ0n) is 12.1. The molecular formula is C14H22N4O2. The second-order valence-corrected chi connectivity index (χ2v) is 5.48. The molecule has 1 aliphatic heterocycles. The summed E-state index contributed by atoms with van der Waals surface area (Å²) < 4.78 is 1.81. The quantitative estimate of drug-likeness (QED) is 0.836. The van der Waals surface area contributed by atoms with Gasteiger partial charge in [-0.2, -0.15) is 5.10 Å². The van der Waals surface area contributed by atoms with E-state index in [9.17, 15) is 9.59 Å². The molecule has 6 nitrogen and oxygen atoms in total. The summed E-state index contributed by atoms with van der Waals surface area (Å²) in [5.41, 5.74) is 0. The van der Waals surface area contributed by atoms with E-state index in [1.807, 2.05) is 35.7 Å². The van der Waals surface area contributed by atoms with E-state index in [1.165, 1.54) is 0 Å².